The number of hydrogen-bond donors (Lipinski definition) is 0. The standard InChI is InChI=1S/C23H29Cl2N3O2/c1-14(2)20-13-19(26-28(20)23(3,4)5)22(30)27-10-8-15(9-11-27)21(29)16-6-7-17(24)18(25)12-16/h6-7,12-15H,8-11H2,1-5H3. The highest BCUT2D eigenvalue weighted by atomic mass is 35.5. The Bertz CT molecular complexity index is 952. The molecule has 7 heteroatoms. The molecular formula is C23H29Cl2N3O2. The monoisotopic (exact) mass is 449 g/mol. The van der Waals surface area contributed by atoms with Crippen molar-refractivity contribution in [2.45, 2.75) is 58.9 Å². The van der Waals surface area contributed by atoms with Gasteiger partial charge in [-0.05, 0) is 63.8 Å². The topological polar surface area (TPSA) is 55.2 Å². The normalized spacial score (nSPS) is 15.7. The van der Waals surface area contributed by atoms with Crippen LogP contribution >= 0.6 is 23.2 Å². The van der Waals surface area contributed by atoms with Crippen LogP contribution in [0.1, 0.15) is 79.9 Å². The first-order chi connectivity index (χ1) is 14.0. The number of rotatable bonds is 4. The van der Waals surface area contributed by atoms with Crippen LogP contribution in [-0.4, -0.2) is 39.5 Å². The van der Waals surface area contributed by atoms with Gasteiger partial charge >= 0.3 is 0 Å². The number of hydrogen-bond acceptors (Lipinski definition) is 3. The maximum absolute atomic E-state index is 13.1. The predicted octanol–water partition coefficient (Wildman–Crippen LogP) is 5.80. The lowest BCUT2D eigenvalue weighted by atomic mass is 9.89. The highest BCUT2D eigenvalue weighted by molar-refractivity contribution is 6.42. The van der Waals surface area contributed by atoms with Gasteiger partial charge in [-0.3, -0.25) is 14.3 Å². The van der Waals surface area contributed by atoms with Crippen LogP contribution < -0.4 is 0 Å². The number of amides is 1. The number of likely N-dealkylation sites (tertiary alicyclic amines) is 1. The Hall–Kier alpha value is -1.85. The minimum absolute atomic E-state index is 0.0553. The Kier molecular flexibility index (Phi) is 6.63. The molecule has 0 unspecified atom stereocenters. The molecule has 1 aromatic carbocycles. The highest BCUT2D eigenvalue weighted by Gasteiger charge is 2.31. The first-order valence-corrected chi connectivity index (χ1v) is 11.1. The zero-order valence-electron chi connectivity index (χ0n) is 18.2. The van der Waals surface area contributed by atoms with Crippen molar-refractivity contribution in [2.24, 2.45) is 5.92 Å². The third-order valence-corrected chi connectivity index (χ3v) is 6.28. The summed E-state index contributed by atoms with van der Waals surface area (Å²) in [6.07, 6.45) is 1.25. The van der Waals surface area contributed by atoms with Crippen molar-refractivity contribution in [1.82, 2.24) is 14.7 Å². The number of halogens is 2. The van der Waals surface area contributed by atoms with Gasteiger partial charge in [0.25, 0.3) is 5.91 Å². The van der Waals surface area contributed by atoms with Gasteiger partial charge in [-0.1, -0.05) is 37.0 Å². The van der Waals surface area contributed by atoms with Crippen molar-refractivity contribution in [3.63, 3.8) is 0 Å². The molecule has 5 nitrogen and oxygen atoms in total. The fourth-order valence-electron chi connectivity index (χ4n) is 3.84. The van der Waals surface area contributed by atoms with Crippen molar-refractivity contribution in [2.75, 3.05) is 13.1 Å². The predicted molar refractivity (Wildman–Crippen MR) is 121 cm³/mol. The molecule has 0 spiro atoms. The van der Waals surface area contributed by atoms with Gasteiger partial charge in [0.2, 0.25) is 0 Å². The molecule has 1 fully saturated rings. The maximum atomic E-state index is 13.1. The maximum Gasteiger partial charge on any atom is 0.274 e. The summed E-state index contributed by atoms with van der Waals surface area (Å²) in [5, 5.41) is 5.44. The van der Waals surface area contributed by atoms with E-state index in [1.807, 2.05) is 10.7 Å². The summed E-state index contributed by atoms with van der Waals surface area (Å²) < 4.78 is 1.95. The molecule has 3 rings (SSSR count). The summed E-state index contributed by atoms with van der Waals surface area (Å²) in [6, 6.07) is 6.88. The number of benzene rings is 1. The molecule has 2 heterocycles. The fourth-order valence-corrected chi connectivity index (χ4v) is 4.14. The molecule has 2 aromatic rings. The highest BCUT2D eigenvalue weighted by Crippen LogP contribution is 2.28. The van der Waals surface area contributed by atoms with Crippen LogP contribution in [-0.2, 0) is 5.54 Å². The molecule has 1 aliphatic rings. The smallest absolute Gasteiger partial charge is 0.274 e. The van der Waals surface area contributed by atoms with E-state index < -0.39 is 0 Å². The lowest BCUT2D eigenvalue weighted by molar-refractivity contribution is 0.0644. The van der Waals surface area contributed by atoms with E-state index in [1.165, 1.54) is 0 Å². The second-order valence-corrected chi connectivity index (χ2v) is 10.1. The summed E-state index contributed by atoms with van der Waals surface area (Å²) in [7, 11) is 0. The van der Waals surface area contributed by atoms with Crippen molar-refractivity contribution in [1.29, 1.82) is 0 Å². The molecule has 1 aliphatic heterocycles. The molecule has 162 valence electrons. The number of nitrogens with zero attached hydrogens (tertiary/aromatic N) is 3. The largest absolute Gasteiger partial charge is 0.337 e. The van der Waals surface area contributed by atoms with Crippen molar-refractivity contribution >= 4 is 34.9 Å². The van der Waals surface area contributed by atoms with E-state index in [0.29, 0.717) is 47.2 Å². The number of carbonyl (C=O) groups excluding carboxylic acids is 2. The molecule has 0 saturated carbocycles. The zero-order valence-corrected chi connectivity index (χ0v) is 19.7. The minimum Gasteiger partial charge on any atom is -0.337 e. The Labute approximate surface area is 188 Å². The van der Waals surface area contributed by atoms with Crippen LogP contribution in [0.25, 0.3) is 0 Å². The number of ketones is 1. The first kappa shape index (κ1) is 22.8. The second-order valence-electron chi connectivity index (χ2n) is 9.25. The van der Waals surface area contributed by atoms with E-state index in [2.05, 4.69) is 39.7 Å². The van der Waals surface area contributed by atoms with Gasteiger partial charge in [-0.15, -0.1) is 0 Å². The Morgan fingerprint density at radius 2 is 1.70 bits per heavy atom. The molecule has 1 amide bonds. The lowest BCUT2D eigenvalue weighted by Crippen LogP contribution is -2.40. The minimum atomic E-state index is -0.197. The van der Waals surface area contributed by atoms with E-state index in [4.69, 9.17) is 23.2 Å². The molecule has 30 heavy (non-hydrogen) atoms. The van der Waals surface area contributed by atoms with E-state index in [1.54, 1.807) is 23.1 Å². The van der Waals surface area contributed by atoms with Gasteiger partial charge in [0.1, 0.15) is 0 Å². The molecular weight excluding hydrogens is 421 g/mol. The van der Waals surface area contributed by atoms with E-state index in [-0.39, 0.29) is 29.1 Å². The van der Waals surface area contributed by atoms with Crippen molar-refractivity contribution in [3.05, 3.63) is 51.3 Å². The summed E-state index contributed by atoms with van der Waals surface area (Å²) in [4.78, 5) is 27.7. The number of aromatic nitrogens is 2. The number of Topliss-reactive ketones (excluding diaryl/α,β-unsaturated/α-hetero) is 1. The molecule has 1 saturated heterocycles. The average molecular weight is 450 g/mol. The Morgan fingerprint density at radius 3 is 2.20 bits per heavy atom. The van der Waals surface area contributed by atoms with Gasteiger partial charge in [0.05, 0.1) is 15.6 Å². The molecule has 0 atom stereocenters. The Morgan fingerprint density at radius 1 is 1.07 bits per heavy atom. The molecule has 0 N–H and O–H groups in total. The third kappa shape index (κ3) is 4.73. The molecule has 0 radical (unpaired) electrons. The number of carbonyl (C=O) groups is 2. The fraction of sp³-hybridized carbons (Fsp3) is 0.522. The van der Waals surface area contributed by atoms with Gasteiger partial charge < -0.3 is 4.90 Å². The summed E-state index contributed by atoms with van der Waals surface area (Å²) in [6.45, 7) is 11.5. The second kappa shape index (κ2) is 8.72. The molecule has 0 bridgehead atoms. The molecule has 0 aliphatic carbocycles. The van der Waals surface area contributed by atoms with Gasteiger partial charge in [0.15, 0.2) is 11.5 Å². The summed E-state index contributed by atoms with van der Waals surface area (Å²) >= 11 is 12.0. The van der Waals surface area contributed by atoms with Gasteiger partial charge in [0, 0.05) is 30.3 Å². The first-order valence-electron chi connectivity index (χ1n) is 10.4. The van der Waals surface area contributed by atoms with Crippen LogP contribution in [0.4, 0.5) is 0 Å². The molecule has 1 aromatic heterocycles. The van der Waals surface area contributed by atoms with Crippen LogP contribution in [0.15, 0.2) is 24.3 Å². The van der Waals surface area contributed by atoms with Gasteiger partial charge in [-0.25, -0.2) is 0 Å². The summed E-state index contributed by atoms with van der Waals surface area (Å²) in [5.41, 5.74) is 1.90. The average Bonchev–Trinajstić information content (AvgIpc) is 3.15. The van der Waals surface area contributed by atoms with Crippen LogP contribution in [0.3, 0.4) is 0 Å². The van der Waals surface area contributed by atoms with Crippen LogP contribution in [0, 0.1) is 5.92 Å². The lowest BCUT2D eigenvalue weighted by Gasteiger charge is -2.31. The van der Waals surface area contributed by atoms with E-state index >= 15 is 0 Å². The van der Waals surface area contributed by atoms with E-state index in [0.717, 1.165) is 5.69 Å². The van der Waals surface area contributed by atoms with Crippen LogP contribution in [0.5, 0.6) is 0 Å². The van der Waals surface area contributed by atoms with Crippen LogP contribution in [0.2, 0.25) is 10.0 Å². The quantitative estimate of drug-likeness (QED) is 0.553. The number of piperidine rings is 1. The van der Waals surface area contributed by atoms with Crippen molar-refractivity contribution < 1.29 is 9.59 Å². The zero-order chi connectivity index (χ0) is 22.2. The summed E-state index contributed by atoms with van der Waals surface area (Å²) in [5.74, 6) is 0.137. The third-order valence-electron chi connectivity index (χ3n) is 5.54. The SMILES string of the molecule is CC(C)c1cc(C(=O)N2CCC(C(=O)c3ccc(Cl)c(Cl)c3)CC2)nn1C(C)(C)C. The van der Waals surface area contributed by atoms with Crippen molar-refractivity contribution in [3.8, 4) is 0 Å². The van der Waals surface area contributed by atoms with Gasteiger partial charge in [-0.2, -0.15) is 5.10 Å². The van der Waals surface area contributed by atoms with E-state index in [9.17, 15) is 9.59 Å². The Balaban J connectivity index is 1.70.